The van der Waals surface area contributed by atoms with E-state index in [1.807, 2.05) is 30.3 Å². The summed E-state index contributed by atoms with van der Waals surface area (Å²) in [6, 6.07) is 9.65. The number of anilines is 1. The highest BCUT2D eigenvalue weighted by Crippen LogP contribution is 2.14. The number of amides is 1. The third-order valence-electron chi connectivity index (χ3n) is 2.76. The lowest BCUT2D eigenvalue weighted by Crippen LogP contribution is -2.19. The van der Waals surface area contributed by atoms with Crippen LogP contribution in [-0.4, -0.2) is 36.1 Å². The molecule has 0 aliphatic rings. The maximum atomic E-state index is 11.8. The first-order valence-corrected chi connectivity index (χ1v) is 6.35. The van der Waals surface area contributed by atoms with Crippen LogP contribution < -0.4 is 5.32 Å². The molecule has 3 rings (SSSR count). The van der Waals surface area contributed by atoms with Gasteiger partial charge in [0, 0.05) is 5.56 Å². The Morgan fingerprint density at radius 1 is 1.33 bits per heavy atom. The molecule has 0 fully saturated rings. The number of aromatic amines is 1. The molecule has 0 radical (unpaired) electrons. The lowest BCUT2D eigenvalue weighted by atomic mass is 10.2. The fourth-order valence-electron chi connectivity index (χ4n) is 1.83. The number of hydrogen-bond acceptors (Lipinski definition) is 5. The van der Waals surface area contributed by atoms with Crippen LogP contribution in [0, 0.1) is 6.92 Å². The van der Waals surface area contributed by atoms with Gasteiger partial charge in [-0.15, -0.1) is 10.2 Å². The van der Waals surface area contributed by atoms with Gasteiger partial charge in [-0.25, -0.2) is 4.68 Å². The number of rotatable bonds is 4. The fraction of sp³-hybridized carbons (Fsp3) is 0.154. The standard InChI is InChI=1S/C13H13N7O/c1-9-14-13(18-16-9)15-12(21)8-20-7-11(17-19-20)10-5-3-2-4-6-10/h2-7H,8H2,1H3,(H2,14,15,16,18,21). The van der Waals surface area contributed by atoms with Crippen molar-refractivity contribution in [2.45, 2.75) is 13.5 Å². The third-order valence-corrected chi connectivity index (χ3v) is 2.76. The predicted molar refractivity (Wildman–Crippen MR) is 75.2 cm³/mol. The molecular weight excluding hydrogens is 270 g/mol. The Bertz CT molecular complexity index is 747. The van der Waals surface area contributed by atoms with E-state index >= 15 is 0 Å². The maximum Gasteiger partial charge on any atom is 0.248 e. The highest BCUT2D eigenvalue weighted by atomic mass is 16.2. The zero-order valence-electron chi connectivity index (χ0n) is 11.3. The number of carbonyl (C=O) groups excluding carboxylic acids is 1. The van der Waals surface area contributed by atoms with Crippen LogP contribution in [-0.2, 0) is 11.3 Å². The van der Waals surface area contributed by atoms with Crippen LogP contribution in [0.5, 0.6) is 0 Å². The van der Waals surface area contributed by atoms with Gasteiger partial charge in [-0.1, -0.05) is 35.5 Å². The van der Waals surface area contributed by atoms with Gasteiger partial charge >= 0.3 is 0 Å². The van der Waals surface area contributed by atoms with Gasteiger partial charge in [0.2, 0.25) is 11.9 Å². The van der Waals surface area contributed by atoms with Gasteiger partial charge in [-0.2, -0.15) is 4.98 Å². The Labute approximate surface area is 120 Å². The Morgan fingerprint density at radius 2 is 2.14 bits per heavy atom. The summed E-state index contributed by atoms with van der Waals surface area (Å²) in [5.41, 5.74) is 1.67. The molecule has 0 aliphatic carbocycles. The van der Waals surface area contributed by atoms with E-state index < -0.39 is 0 Å². The molecule has 1 aromatic carbocycles. The van der Waals surface area contributed by atoms with E-state index in [9.17, 15) is 4.79 Å². The van der Waals surface area contributed by atoms with Crippen molar-refractivity contribution in [2.24, 2.45) is 0 Å². The number of H-pyrrole nitrogens is 1. The smallest absolute Gasteiger partial charge is 0.248 e. The number of aromatic nitrogens is 6. The Balaban J connectivity index is 1.66. The third kappa shape index (κ3) is 3.11. The van der Waals surface area contributed by atoms with Crippen molar-refractivity contribution < 1.29 is 4.79 Å². The van der Waals surface area contributed by atoms with Crippen LogP contribution in [0.3, 0.4) is 0 Å². The van der Waals surface area contributed by atoms with Crippen LogP contribution in [0.1, 0.15) is 5.82 Å². The molecule has 0 saturated carbocycles. The number of nitrogens with zero attached hydrogens (tertiary/aromatic N) is 5. The van der Waals surface area contributed by atoms with Gasteiger partial charge in [-0.05, 0) is 6.92 Å². The molecule has 106 valence electrons. The lowest BCUT2D eigenvalue weighted by molar-refractivity contribution is -0.117. The van der Waals surface area contributed by atoms with Crippen LogP contribution in [0.4, 0.5) is 5.95 Å². The topological polar surface area (TPSA) is 101 Å². The van der Waals surface area contributed by atoms with E-state index in [-0.39, 0.29) is 18.4 Å². The van der Waals surface area contributed by atoms with E-state index in [4.69, 9.17) is 0 Å². The second kappa shape index (κ2) is 5.53. The number of carbonyl (C=O) groups is 1. The first kappa shape index (κ1) is 13.0. The van der Waals surface area contributed by atoms with E-state index in [1.165, 1.54) is 4.68 Å². The zero-order valence-corrected chi connectivity index (χ0v) is 11.3. The summed E-state index contributed by atoms with van der Waals surface area (Å²) in [5.74, 6) is 0.622. The Kier molecular flexibility index (Phi) is 3.42. The zero-order chi connectivity index (χ0) is 14.7. The highest BCUT2D eigenvalue weighted by molar-refractivity contribution is 5.88. The minimum absolute atomic E-state index is 0.0490. The van der Waals surface area contributed by atoms with Crippen molar-refractivity contribution in [3.63, 3.8) is 0 Å². The monoisotopic (exact) mass is 283 g/mol. The molecular formula is C13H13N7O. The summed E-state index contributed by atoms with van der Waals surface area (Å²) < 4.78 is 1.47. The van der Waals surface area contributed by atoms with Crippen molar-refractivity contribution in [1.29, 1.82) is 0 Å². The molecule has 0 atom stereocenters. The van der Waals surface area contributed by atoms with Crippen molar-refractivity contribution in [2.75, 3.05) is 5.32 Å². The maximum absolute atomic E-state index is 11.8. The fourth-order valence-corrected chi connectivity index (χ4v) is 1.83. The average Bonchev–Trinajstić information content (AvgIpc) is 3.09. The molecule has 8 nitrogen and oxygen atoms in total. The summed E-state index contributed by atoms with van der Waals surface area (Å²) in [5, 5.41) is 17.1. The predicted octanol–water partition coefficient (Wildman–Crippen LogP) is 1.01. The second-order valence-electron chi connectivity index (χ2n) is 4.46. The number of nitrogens with one attached hydrogen (secondary N) is 2. The van der Waals surface area contributed by atoms with Crippen LogP contribution in [0.25, 0.3) is 11.3 Å². The molecule has 0 unspecified atom stereocenters. The van der Waals surface area contributed by atoms with Gasteiger partial charge in [0.15, 0.2) is 0 Å². The Hall–Kier alpha value is -3.03. The molecule has 0 saturated heterocycles. The van der Waals surface area contributed by atoms with Gasteiger partial charge in [0.25, 0.3) is 0 Å². The molecule has 3 aromatic rings. The van der Waals surface area contributed by atoms with E-state index in [1.54, 1.807) is 13.1 Å². The molecule has 21 heavy (non-hydrogen) atoms. The normalized spacial score (nSPS) is 10.5. The van der Waals surface area contributed by atoms with Gasteiger partial charge < -0.3 is 0 Å². The van der Waals surface area contributed by atoms with Crippen LogP contribution >= 0.6 is 0 Å². The molecule has 0 aliphatic heterocycles. The first-order valence-electron chi connectivity index (χ1n) is 6.35. The SMILES string of the molecule is Cc1nc(NC(=O)Cn2cc(-c3ccccc3)nn2)n[nH]1. The van der Waals surface area contributed by atoms with Crippen LogP contribution in [0.15, 0.2) is 36.5 Å². The quantitative estimate of drug-likeness (QED) is 0.744. The van der Waals surface area contributed by atoms with E-state index in [0.29, 0.717) is 5.82 Å². The summed E-state index contributed by atoms with van der Waals surface area (Å²) >= 11 is 0. The van der Waals surface area contributed by atoms with Gasteiger partial charge in [-0.3, -0.25) is 15.2 Å². The van der Waals surface area contributed by atoms with Crippen molar-refractivity contribution in [1.82, 2.24) is 30.2 Å². The molecule has 0 spiro atoms. The molecule has 2 N–H and O–H groups in total. The summed E-state index contributed by atoms with van der Waals surface area (Å²) in [4.78, 5) is 15.8. The van der Waals surface area contributed by atoms with E-state index in [0.717, 1.165) is 11.3 Å². The molecule has 8 heteroatoms. The molecule has 1 amide bonds. The molecule has 2 heterocycles. The minimum Gasteiger partial charge on any atom is -0.292 e. The van der Waals surface area contributed by atoms with Crippen molar-refractivity contribution >= 4 is 11.9 Å². The summed E-state index contributed by atoms with van der Waals surface area (Å²) in [6.45, 7) is 1.81. The summed E-state index contributed by atoms with van der Waals surface area (Å²) in [6.07, 6.45) is 1.72. The highest BCUT2D eigenvalue weighted by Gasteiger charge is 2.09. The van der Waals surface area contributed by atoms with Crippen molar-refractivity contribution in [3.05, 3.63) is 42.4 Å². The van der Waals surface area contributed by atoms with Gasteiger partial charge in [0.1, 0.15) is 18.1 Å². The van der Waals surface area contributed by atoms with Gasteiger partial charge in [0.05, 0.1) is 6.20 Å². The van der Waals surface area contributed by atoms with Crippen molar-refractivity contribution in [3.8, 4) is 11.3 Å². The largest absolute Gasteiger partial charge is 0.292 e. The first-order chi connectivity index (χ1) is 10.2. The van der Waals surface area contributed by atoms with Crippen LogP contribution in [0.2, 0.25) is 0 Å². The average molecular weight is 283 g/mol. The molecule has 0 bridgehead atoms. The number of hydrogen-bond donors (Lipinski definition) is 2. The second-order valence-corrected chi connectivity index (χ2v) is 4.46. The summed E-state index contributed by atoms with van der Waals surface area (Å²) in [7, 11) is 0. The lowest BCUT2D eigenvalue weighted by Gasteiger charge is -1.99. The van der Waals surface area contributed by atoms with E-state index in [2.05, 4.69) is 30.8 Å². The molecule has 2 aromatic heterocycles. The Morgan fingerprint density at radius 3 is 2.86 bits per heavy atom. The number of aryl methyl sites for hydroxylation is 1. The minimum atomic E-state index is -0.265. The number of benzene rings is 1.